The third-order valence-corrected chi connectivity index (χ3v) is 2.40. The highest BCUT2D eigenvalue weighted by atomic mass is 79.9. The number of methoxy groups -OCH3 is 1. The second-order valence-electron chi connectivity index (χ2n) is 3.23. The van der Waals surface area contributed by atoms with Gasteiger partial charge in [-0.25, -0.2) is 4.79 Å². The molecule has 0 aromatic carbocycles. The molecule has 0 aliphatic heterocycles. The number of alkyl halides is 1. The Labute approximate surface area is 92.7 Å². The van der Waals surface area contributed by atoms with Gasteiger partial charge in [-0.3, -0.25) is 4.79 Å². The Hall–Kier alpha value is -0.580. The first-order valence-electron chi connectivity index (χ1n) is 4.40. The van der Waals surface area contributed by atoms with E-state index in [2.05, 4.69) is 20.7 Å². The Kier molecular flexibility index (Phi) is 5.76. The van der Waals surface area contributed by atoms with E-state index in [-0.39, 0.29) is 17.3 Å². The van der Waals surface area contributed by atoms with Crippen LogP contribution >= 0.6 is 15.9 Å². The Bertz CT molecular complexity index is 218. The number of nitrogens with zero attached hydrogens (tertiary/aromatic N) is 1. The van der Waals surface area contributed by atoms with Gasteiger partial charge in [0.25, 0.3) is 0 Å². The van der Waals surface area contributed by atoms with Crippen LogP contribution in [-0.2, 0) is 14.3 Å². The molecule has 0 fully saturated rings. The number of carbonyl (C=O) groups excluding carboxylic acids is 2. The van der Waals surface area contributed by atoms with Gasteiger partial charge < -0.3 is 9.64 Å². The summed E-state index contributed by atoms with van der Waals surface area (Å²) in [5, 5.41) is 0.215. The monoisotopic (exact) mass is 265 g/mol. The maximum Gasteiger partial charge on any atom is 0.328 e. The van der Waals surface area contributed by atoms with E-state index in [9.17, 15) is 9.59 Å². The fourth-order valence-electron chi connectivity index (χ4n) is 1.30. The van der Waals surface area contributed by atoms with Crippen LogP contribution in [0.25, 0.3) is 0 Å². The molecule has 0 saturated heterocycles. The van der Waals surface area contributed by atoms with Crippen LogP contribution in [0.4, 0.5) is 0 Å². The zero-order valence-corrected chi connectivity index (χ0v) is 10.5. The topological polar surface area (TPSA) is 46.6 Å². The molecule has 0 heterocycles. The van der Waals surface area contributed by atoms with Crippen molar-refractivity contribution in [3.05, 3.63) is 0 Å². The van der Waals surface area contributed by atoms with Gasteiger partial charge in [0, 0.05) is 6.04 Å². The molecule has 0 rings (SSSR count). The maximum absolute atomic E-state index is 11.5. The first-order chi connectivity index (χ1) is 6.45. The minimum atomic E-state index is -0.537. The summed E-state index contributed by atoms with van der Waals surface area (Å²) in [6.07, 6.45) is 0. The van der Waals surface area contributed by atoms with Crippen molar-refractivity contribution in [3.63, 3.8) is 0 Å². The van der Waals surface area contributed by atoms with Crippen molar-refractivity contribution in [2.24, 2.45) is 0 Å². The number of carbonyl (C=O) groups is 2. The van der Waals surface area contributed by atoms with Gasteiger partial charge in [0.15, 0.2) is 0 Å². The first kappa shape index (κ1) is 13.4. The number of ether oxygens (including phenoxy) is 1. The van der Waals surface area contributed by atoms with Gasteiger partial charge in [-0.05, 0) is 20.8 Å². The highest BCUT2D eigenvalue weighted by Gasteiger charge is 2.27. The van der Waals surface area contributed by atoms with E-state index in [4.69, 9.17) is 0 Å². The van der Waals surface area contributed by atoms with Crippen molar-refractivity contribution in [2.45, 2.75) is 32.9 Å². The molecule has 0 radical (unpaired) electrons. The molecule has 1 amide bonds. The average molecular weight is 266 g/mol. The Morgan fingerprint density at radius 1 is 1.36 bits per heavy atom. The fourth-order valence-corrected chi connectivity index (χ4v) is 1.59. The van der Waals surface area contributed by atoms with Crippen molar-refractivity contribution < 1.29 is 14.3 Å². The third kappa shape index (κ3) is 3.29. The Morgan fingerprint density at radius 3 is 2.14 bits per heavy atom. The molecule has 0 saturated carbocycles. The molecule has 0 aromatic heterocycles. The van der Waals surface area contributed by atoms with Gasteiger partial charge in [0.1, 0.15) is 6.04 Å². The van der Waals surface area contributed by atoms with Crippen LogP contribution in [-0.4, -0.2) is 41.3 Å². The summed E-state index contributed by atoms with van der Waals surface area (Å²) in [7, 11) is 1.32. The molecular formula is C9H16BrNO3. The highest BCUT2D eigenvalue weighted by Crippen LogP contribution is 2.08. The second-order valence-corrected chi connectivity index (χ2v) is 3.79. The van der Waals surface area contributed by atoms with E-state index in [1.165, 1.54) is 12.0 Å². The number of rotatable bonds is 4. The predicted octanol–water partition coefficient (Wildman–Crippen LogP) is 1.18. The molecule has 1 atom stereocenters. The molecule has 4 nitrogen and oxygen atoms in total. The molecule has 0 aliphatic carbocycles. The SMILES string of the molecule is COC(=O)C(C)N(C(=O)CBr)C(C)C. The lowest BCUT2D eigenvalue weighted by atomic mass is 10.2. The zero-order chi connectivity index (χ0) is 11.3. The van der Waals surface area contributed by atoms with Gasteiger partial charge in [0.2, 0.25) is 5.91 Å². The van der Waals surface area contributed by atoms with Crippen LogP contribution in [0.2, 0.25) is 0 Å². The van der Waals surface area contributed by atoms with E-state index in [1.807, 2.05) is 13.8 Å². The molecular weight excluding hydrogens is 250 g/mol. The molecule has 0 N–H and O–H groups in total. The third-order valence-electron chi connectivity index (χ3n) is 1.92. The molecule has 82 valence electrons. The maximum atomic E-state index is 11.5. The lowest BCUT2D eigenvalue weighted by Gasteiger charge is -2.30. The van der Waals surface area contributed by atoms with E-state index >= 15 is 0 Å². The number of halogens is 1. The summed E-state index contributed by atoms with van der Waals surface area (Å²) in [4.78, 5) is 24.2. The summed E-state index contributed by atoms with van der Waals surface area (Å²) >= 11 is 3.08. The van der Waals surface area contributed by atoms with Crippen LogP contribution in [0.15, 0.2) is 0 Å². The van der Waals surface area contributed by atoms with Crippen LogP contribution < -0.4 is 0 Å². The Balaban J connectivity index is 4.65. The summed E-state index contributed by atoms with van der Waals surface area (Å²) in [6, 6.07) is -0.556. The number of hydrogen-bond donors (Lipinski definition) is 0. The van der Waals surface area contributed by atoms with Crippen molar-refractivity contribution in [1.82, 2.24) is 4.90 Å². The lowest BCUT2D eigenvalue weighted by Crippen LogP contribution is -2.48. The number of esters is 1. The minimum absolute atomic E-state index is 0.0193. The zero-order valence-electron chi connectivity index (χ0n) is 8.91. The summed E-state index contributed by atoms with van der Waals surface area (Å²) in [5.74, 6) is -0.508. The largest absolute Gasteiger partial charge is 0.467 e. The molecule has 1 unspecified atom stereocenters. The van der Waals surface area contributed by atoms with Gasteiger partial charge in [-0.15, -0.1) is 0 Å². The number of amides is 1. The van der Waals surface area contributed by atoms with Crippen molar-refractivity contribution in [1.29, 1.82) is 0 Å². The summed E-state index contributed by atoms with van der Waals surface area (Å²) in [6.45, 7) is 5.38. The second kappa shape index (κ2) is 6.01. The Morgan fingerprint density at radius 2 is 1.86 bits per heavy atom. The molecule has 0 aromatic rings. The molecule has 14 heavy (non-hydrogen) atoms. The minimum Gasteiger partial charge on any atom is -0.467 e. The lowest BCUT2D eigenvalue weighted by molar-refractivity contribution is -0.152. The van der Waals surface area contributed by atoms with Gasteiger partial charge in [-0.1, -0.05) is 15.9 Å². The number of hydrogen-bond acceptors (Lipinski definition) is 3. The van der Waals surface area contributed by atoms with Gasteiger partial charge in [0.05, 0.1) is 12.4 Å². The quantitative estimate of drug-likeness (QED) is 0.567. The molecule has 0 aliphatic rings. The van der Waals surface area contributed by atoms with Crippen molar-refractivity contribution in [2.75, 3.05) is 12.4 Å². The van der Waals surface area contributed by atoms with Gasteiger partial charge in [-0.2, -0.15) is 0 Å². The molecule has 5 heteroatoms. The van der Waals surface area contributed by atoms with Crippen molar-refractivity contribution >= 4 is 27.8 Å². The van der Waals surface area contributed by atoms with E-state index in [0.717, 1.165) is 0 Å². The standard InChI is InChI=1S/C9H16BrNO3/c1-6(2)11(8(12)5-10)7(3)9(13)14-4/h6-7H,5H2,1-4H3. The van der Waals surface area contributed by atoms with E-state index in [0.29, 0.717) is 0 Å². The van der Waals surface area contributed by atoms with Crippen LogP contribution in [0.1, 0.15) is 20.8 Å². The average Bonchev–Trinajstić information content (AvgIpc) is 2.15. The van der Waals surface area contributed by atoms with Gasteiger partial charge >= 0.3 is 5.97 Å². The first-order valence-corrected chi connectivity index (χ1v) is 5.52. The van der Waals surface area contributed by atoms with Crippen LogP contribution in [0, 0.1) is 0 Å². The fraction of sp³-hybridized carbons (Fsp3) is 0.778. The normalized spacial score (nSPS) is 12.4. The molecule has 0 spiro atoms. The van der Waals surface area contributed by atoms with E-state index in [1.54, 1.807) is 6.92 Å². The highest BCUT2D eigenvalue weighted by molar-refractivity contribution is 9.09. The molecule has 0 bridgehead atoms. The summed E-state index contributed by atoms with van der Waals surface area (Å²) in [5.41, 5.74) is 0. The predicted molar refractivity (Wildman–Crippen MR) is 57.3 cm³/mol. The smallest absolute Gasteiger partial charge is 0.328 e. The van der Waals surface area contributed by atoms with Crippen LogP contribution in [0.5, 0.6) is 0 Å². The van der Waals surface area contributed by atoms with Crippen LogP contribution in [0.3, 0.4) is 0 Å². The van der Waals surface area contributed by atoms with E-state index < -0.39 is 12.0 Å². The summed E-state index contributed by atoms with van der Waals surface area (Å²) < 4.78 is 4.59. The van der Waals surface area contributed by atoms with Crippen molar-refractivity contribution in [3.8, 4) is 0 Å².